The van der Waals surface area contributed by atoms with Gasteiger partial charge in [-0.05, 0) is 61.5 Å². The molecule has 0 aliphatic heterocycles. The smallest absolute Gasteiger partial charge is 0.252 e. The van der Waals surface area contributed by atoms with Gasteiger partial charge in [-0.25, -0.2) is 0 Å². The van der Waals surface area contributed by atoms with Crippen molar-refractivity contribution in [2.24, 2.45) is 7.05 Å². The fraction of sp³-hybridized carbons (Fsp3) is 0.174. The summed E-state index contributed by atoms with van der Waals surface area (Å²) >= 11 is 6.90. The van der Waals surface area contributed by atoms with Crippen molar-refractivity contribution in [3.05, 3.63) is 75.6 Å². The number of nitrogens with zero attached hydrogens (tertiary/aromatic N) is 5. The Bertz CT molecular complexity index is 1430. The number of benzene rings is 1. The zero-order valence-electron chi connectivity index (χ0n) is 18.1. The first kappa shape index (κ1) is 22.5. The molecule has 0 saturated heterocycles. The molecule has 0 fully saturated rings. The summed E-state index contributed by atoms with van der Waals surface area (Å²) in [7, 11) is 2.86. The van der Waals surface area contributed by atoms with Gasteiger partial charge in [-0.15, -0.1) is 0 Å². The second-order valence-electron chi connectivity index (χ2n) is 7.35. The Morgan fingerprint density at radius 3 is 2.56 bits per heavy atom. The van der Waals surface area contributed by atoms with E-state index in [-0.39, 0.29) is 5.56 Å². The molecule has 2 atom stereocenters. The second kappa shape index (κ2) is 9.04. The third-order valence-electron chi connectivity index (χ3n) is 5.48. The fourth-order valence-corrected chi connectivity index (χ4v) is 5.88. The van der Waals surface area contributed by atoms with Crippen LogP contribution in [0.2, 0.25) is 5.02 Å². The van der Waals surface area contributed by atoms with Crippen molar-refractivity contribution in [2.45, 2.75) is 6.92 Å². The first-order chi connectivity index (χ1) is 15.4. The van der Waals surface area contributed by atoms with E-state index in [4.69, 9.17) is 11.6 Å². The maximum Gasteiger partial charge on any atom is 0.252 e. The van der Waals surface area contributed by atoms with E-state index < -0.39 is 0 Å². The minimum Gasteiger partial charge on any atom is -0.333 e. The summed E-state index contributed by atoms with van der Waals surface area (Å²) in [6.07, 6.45) is 7.27. The molecule has 0 bridgehead atoms. The van der Waals surface area contributed by atoms with Gasteiger partial charge >= 0.3 is 0 Å². The van der Waals surface area contributed by atoms with Crippen LogP contribution in [0.5, 0.6) is 0 Å². The highest BCUT2D eigenvalue weighted by Crippen LogP contribution is 2.44. The lowest BCUT2D eigenvalue weighted by Gasteiger charge is -2.22. The number of anilines is 1. The van der Waals surface area contributed by atoms with Crippen molar-refractivity contribution < 1.29 is 0 Å². The van der Waals surface area contributed by atoms with Gasteiger partial charge in [-0.3, -0.25) is 9.78 Å². The van der Waals surface area contributed by atoms with Crippen LogP contribution in [0.25, 0.3) is 27.7 Å². The number of rotatable bonds is 5. The van der Waals surface area contributed by atoms with Gasteiger partial charge in [0.05, 0.1) is 39.7 Å². The second-order valence-corrected chi connectivity index (χ2v) is 9.96. The van der Waals surface area contributed by atoms with Gasteiger partial charge in [0, 0.05) is 48.2 Å². The Labute approximate surface area is 195 Å². The summed E-state index contributed by atoms with van der Waals surface area (Å²) in [5.41, 5.74) is 5.60. The van der Waals surface area contributed by atoms with Gasteiger partial charge in [0.15, 0.2) is 0 Å². The quantitative estimate of drug-likeness (QED) is 0.354. The molecule has 3 aromatic heterocycles. The van der Waals surface area contributed by atoms with E-state index in [1.54, 1.807) is 31.7 Å². The van der Waals surface area contributed by atoms with E-state index in [9.17, 15) is 10.1 Å². The lowest BCUT2D eigenvalue weighted by molar-refractivity contribution is 0.853. The van der Waals surface area contributed by atoms with Crippen molar-refractivity contribution in [1.29, 1.82) is 5.26 Å². The van der Waals surface area contributed by atoms with Gasteiger partial charge in [0.25, 0.3) is 5.56 Å². The molecule has 4 rings (SSSR count). The summed E-state index contributed by atoms with van der Waals surface area (Å²) in [5, 5.41) is 11.1. The summed E-state index contributed by atoms with van der Waals surface area (Å²) in [4.78, 5) is 16.8. The molecule has 0 N–H and O–H groups in total. The number of aryl methyl sites for hydroxylation is 2. The van der Waals surface area contributed by atoms with Gasteiger partial charge in [-0.1, -0.05) is 11.6 Å². The maximum absolute atomic E-state index is 12.3. The molecule has 0 spiro atoms. The van der Waals surface area contributed by atoms with Crippen molar-refractivity contribution in [3.8, 4) is 22.9 Å². The molecule has 4 aromatic rings. The van der Waals surface area contributed by atoms with Crippen molar-refractivity contribution in [3.63, 3.8) is 0 Å². The molecule has 3 heterocycles. The first-order valence-corrected chi connectivity index (χ1v) is 13.2. The average Bonchev–Trinajstić information content (AvgIpc) is 3.15. The lowest BCUT2D eigenvalue weighted by atomic mass is 10.0. The average molecular weight is 482 g/mol. The SMILES string of the molecule is CPN(PC)c1cncc(-c2cn(-c3ccn(C)c(=O)c3)c3cc(C)c(C#N)cc23)c1Cl. The van der Waals surface area contributed by atoms with Gasteiger partial charge in [0.1, 0.15) is 0 Å². The van der Waals surface area contributed by atoms with Crippen LogP contribution in [0.1, 0.15) is 11.1 Å². The largest absolute Gasteiger partial charge is 0.333 e. The van der Waals surface area contributed by atoms with E-state index in [1.807, 2.05) is 35.9 Å². The van der Waals surface area contributed by atoms with E-state index in [0.717, 1.165) is 39.0 Å². The minimum atomic E-state index is -0.0959. The fourth-order valence-electron chi connectivity index (χ4n) is 3.74. The van der Waals surface area contributed by atoms with Gasteiger partial charge in [0.2, 0.25) is 0 Å². The zero-order valence-corrected chi connectivity index (χ0v) is 20.9. The van der Waals surface area contributed by atoms with Crippen LogP contribution in [0.15, 0.2) is 53.8 Å². The van der Waals surface area contributed by atoms with E-state index >= 15 is 0 Å². The number of pyridine rings is 2. The van der Waals surface area contributed by atoms with Gasteiger partial charge < -0.3 is 13.6 Å². The summed E-state index contributed by atoms with van der Waals surface area (Å²) < 4.78 is 5.72. The number of aromatic nitrogens is 3. The highest BCUT2D eigenvalue weighted by Gasteiger charge is 2.19. The predicted molar refractivity (Wildman–Crippen MR) is 137 cm³/mol. The van der Waals surface area contributed by atoms with Crippen LogP contribution in [-0.4, -0.2) is 27.4 Å². The van der Waals surface area contributed by atoms with Crippen LogP contribution in [0.4, 0.5) is 5.69 Å². The Balaban J connectivity index is 2.05. The van der Waals surface area contributed by atoms with Crippen molar-refractivity contribution in [2.75, 3.05) is 17.8 Å². The minimum absolute atomic E-state index is 0.0959. The van der Waals surface area contributed by atoms with E-state index in [0.29, 0.717) is 28.0 Å². The molecular formula is C23H22ClN5OP2. The Hall–Kier alpha value is -2.70. The van der Waals surface area contributed by atoms with E-state index in [1.165, 1.54) is 4.57 Å². The lowest BCUT2D eigenvalue weighted by Crippen LogP contribution is -2.15. The summed E-state index contributed by atoms with van der Waals surface area (Å²) in [5.74, 6) is 0. The summed E-state index contributed by atoms with van der Waals surface area (Å²) in [6, 6.07) is 9.64. The summed E-state index contributed by atoms with van der Waals surface area (Å²) in [6.45, 7) is 6.14. The molecule has 0 saturated carbocycles. The topological polar surface area (TPSA) is 66.8 Å². The molecule has 162 valence electrons. The number of hydrogen-bond donors (Lipinski definition) is 0. The normalized spacial score (nSPS) is 11.8. The Morgan fingerprint density at radius 1 is 1.16 bits per heavy atom. The van der Waals surface area contributed by atoms with Gasteiger partial charge in [-0.2, -0.15) is 5.26 Å². The van der Waals surface area contributed by atoms with Crippen molar-refractivity contribution in [1.82, 2.24) is 14.1 Å². The molecule has 32 heavy (non-hydrogen) atoms. The Kier molecular flexibility index (Phi) is 6.35. The highest BCUT2D eigenvalue weighted by atomic mass is 35.5. The molecule has 0 amide bonds. The number of fused-ring (bicyclic) bond motifs is 1. The molecule has 2 unspecified atom stereocenters. The third-order valence-corrected chi connectivity index (χ3v) is 8.59. The Morgan fingerprint density at radius 2 is 1.91 bits per heavy atom. The van der Waals surface area contributed by atoms with Crippen LogP contribution >= 0.6 is 29.1 Å². The van der Waals surface area contributed by atoms with Crippen LogP contribution in [0.3, 0.4) is 0 Å². The molecule has 9 heteroatoms. The van der Waals surface area contributed by atoms with Crippen LogP contribution in [-0.2, 0) is 7.05 Å². The monoisotopic (exact) mass is 481 g/mol. The van der Waals surface area contributed by atoms with Crippen LogP contribution < -0.4 is 10.0 Å². The first-order valence-electron chi connectivity index (χ1n) is 9.91. The predicted octanol–water partition coefficient (Wildman–Crippen LogP) is 5.48. The van der Waals surface area contributed by atoms with Crippen LogP contribution in [0, 0.1) is 18.3 Å². The zero-order chi connectivity index (χ0) is 23.0. The molecule has 0 aliphatic rings. The number of nitriles is 1. The van der Waals surface area contributed by atoms with E-state index in [2.05, 4.69) is 28.8 Å². The molecule has 0 radical (unpaired) electrons. The number of hydrogen-bond acceptors (Lipinski definition) is 4. The highest BCUT2D eigenvalue weighted by molar-refractivity contribution is 7.58. The van der Waals surface area contributed by atoms with Crippen molar-refractivity contribution >= 4 is 45.7 Å². The number of halogens is 1. The maximum atomic E-state index is 12.3. The molecule has 0 aliphatic carbocycles. The molecule has 6 nitrogen and oxygen atoms in total. The molecule has 1 aromatic carbocycles. The standard InChI is InChI=1S/C23H22ClN5OP2/c1-14-7-20-17(8-15(14)10-25)19(13-28(20)16-5-6-27(2)22(30)9-16)18-11-26-12-21(23(18)24)29(31-3)32-4/h5-9,11-13,31-32H,1-4H3. The third kappa shape index (κ3) is 3.82. The molecular weight excluding hydrogens is 460 g/mol.